The Hall–Kier alpha value is -2.88. The SMILES string of the molecule is CC(CNC(=O)CCCc1ncc(-c2ccccc2)o1)c1ccccc1. The van der Waals surface area contributed by atoms with Gasteiger partial charge in [0.05, 0.1) is 6.20 Å². The number of amides is 1. The minimum Gasteiger partial charge on any atom is -0.441 e. The standard InChI is InChI=1S/C22H24N2O2/c1-17(18-9-4-2-5-10-18)15-23-21(25)13-8-14-22-24-16-20(26-22)19-11-6-3-7-12-19/h2-7,9-12,16-17H,8,13-15H2,1H3,(H,23,25). The zero-order valence-electron chi connectivity index (χ0n) is 15.0. The maximum atomic E-state index is 12.0. The predicted molar refractivity (Wildman–Crippen MR) is 103 cm³/mol. The Kier molecular flexibility index (Phi) is 6.20. The Morgan fingerprint density at radius 1 is 1.08 bits per heavy atom. The molecule has 1 unspecified atom stereocenters. The number of hydrogen-bond acceptors (Lipinski definition) is 3. The molecule has 1 aromatic heterocycles. The van der Waals surface area contributed by atoms with Gasteiger partial charge in [0.2, 0.25) is 5.91 Å². The molecule has 0 saturated carbocycles. The number of hydrogen-bond donors (Lipinski definition) is 1. The summed E-state index contributed by atoms with van der Waals surface area (Å²) in [5.74, 6) is 1.82. The molecule has 1 heterocycles. The number of rotatable bonds is 8. The van der Waals surface area contributed by atoms with Gasteiger partial charge in [0.25, 0.3) is 0 Å². The molecule has 0 aliphatic rings. The molecule has 134 valence electrons. The monoisotopic (exact) mass is 348 g/mol. The first-order chi connectivity index (χ1) is 12.7. The van der Waals surface area contributed by atoms with E-state index >= 15 is 0 Å². The van der Waals surface area contributed by atoms with E-state index in [-0.39, 0.29) is 5.91 Å². The van der Waals surface area contributed by atoms with Crippen LogP contribution in [0.5, 0.6) is 0 Å². The van der Waals surface area contributed by atoms with Crippen molar-refractivity contribution in [1.29, 1.82) is 0 Å². The van der Waals surface area contributed by atoms with Gasteiger partial charge in [-0.3, -0.25) is 4.79 Å². The number of carbonyl (C=O) groups excluding carboxylic acids is 1. The van der Waals surface area contributed by atoms with Crippen LogP contribution in [-0.2, 0) is 11.2 Å². The van der Waals surface area contributed by atoms with Crippen LogP contribution in [0.25, 0.3) is 11.3 Å². The van der Waals surface area contributed by atoms with Crippen molar-refractivity contribution >= 4 is 5.91 Å². The summed E-state index contributed by atoms with van der Waals surface area (Å²) >= 11 is 0. The van der Waals surface area contributed by atoms with Gasteiger partial charge in [0.1, 0.15) is 0 Å². The summed E-state index contributed by atoms with van der Waals surface area (Å²) in [6, 6.07) is 20.1. The number of nitrogens with zero attached hydrogens (tertiary/aromatic N) is 1. The summed E-state index contributed by atoms with van der Waals surface area (Å²) in [7, 11) is 0. The van der Waals surface area contributed by atoms with Crippen molar-refractivity contribution in [1.82, 2.24) is 10.3 Å². The van der Waals surface area contributed by atoms with E-state index in [1.54, 1.807) is 6.20 Å². The minimum atomic E-state index is 0.0719. The maximum Gasteiger partial charge on any atom is 0.220 e. The van der Waals surface area contributed by atoms with E-state index in [9.17, 15) is 4.79 Å². The average Bonchev–Trinajstić information content (AvgIpc) is 3.16. The molecule has 0 aliphatic carbocycles. The van der Waals surface area contributed by atoms with Crippen LogP contribution in [0.1, 0.15) is 37.1 Å². The quantitative estimate of drug-likeness (QED) is 0.648. The third-order valence-corrected chi connectivity index (χ3v) is 4.38. The van der Waals surface area contributed by atoms with Crippen LogP contribution < -0.4 is 5.32 Å². The van der Waals surface area contributed by atoms with E-state index in [1.807, 2.05) is 48.5 Å². The second-order valence-corrected chi connectivity index (χ2v) is 6.45. The van der Waals surface area contributed by atoms with E-state index < -0.39 is 0 Å². The van der Waals surface area contributed by atoms with Crippen molar-refractivity contribution in [2.24, 2.45) is 0 Å². The first-order valence-electron chi connectivity index (χ1n) is 9.04. The van der Waals surface area contributed by atoms with Crippen LogP contribution >= 0.6 is 0 Å². The summed E-state index contributed by atoms with van der Waals surface area (Å²) in [4.78, 5) is 16.3. The summed E-state index contributed by atoms with van der Waals surface area (Å²) in [6.07, 6.45) is 3.60. The number of oxazole rings is 1. The molecule has 26 heavy (non-hydrogen) atoms. The molecule has 2 aromatic carbocycles. The molecule has 4 nitrogen and oxygen atoms in total. The first kappa shape index (κ1) is 17.9. The highest BCUT2D eigenvalue weighted by atomic mass is 16.4. The fraction of sp³-hybridized carbons (Fsp3) is 0.273. The molecule has 0 fully saturated rings. The number of aryl methyl sites for hydroxylation is 1. The van der Waals surface area contributed by atoms with Crippen molar-refractivity contribution in [2.75, 3.05) is 6.54 Å². The van der Waals surface area contributed by atoms with Gasteiger partial charge in [0.15, 0.2) is 11.7 Å². The van der Waals surface area contributed by atoms with Gasteiger partial charge in [-0.1, -0.05) is 67.6 Å². The van der Waals surface area contributed by atoms with E-state index in [1.165, 1.54) is 5.56 Å². The lowest BCUT2D eigenvalue weighted by atomic mass is 10.0. The zero-order chi connectivity index (χ0) is 18.2. The molecule has 0 radical (unpaired) electrons. The smallest absolute Gasteiger partial charge is 0.220 e. The summed E-state index contributed by atoms with van der Waals surface area (Å²) in [5, 5.41) is 3.01. The number of benzene rings is 2. The Balaban J connectivity index is 1.39. The third-order valence-electron chi connectivity index (χ3n) is 4.38. The molecule has 3 rings (SSSR count). The lowest BCUT2D eigenvalue weighted by Crippen LogP contribution is -2.27. The van der Waals surface area contributed by atoms with Gasteiger partial charge < -0.3 is 9.73 Å². The third kappa shape index (κ3) is 5.06. The maximum absolute atomic E-state index is 12.0. The Labute approximate surface area is 154 Å². The fourth-order valence-corrected chi connectivity index (χ4v) is 2.82. The minimum absolute atomic E-state index is 0.0719. The average molecular weight is 348 g/mol. The molecular weight excluding hydrogens is 324 g/mol. The zero-order valence-corrected chi connectivity index (χ0v) is 15.0. The highest BCUT2D eigenvalue weighted by Crippen LogP contribution is 2.20. The normalized spacial score (nSPS) is 11.9. The molecule has 4 heteroatoms. The summed E-state index contributed by atoms with van der Waals surface area (Å²) in [6.45, 7) is 2.77. The molecule has 0 spiro atoms. The van der Waals surface area contributed by atoms with Crippen LogP contribution in [0.2, 0.25) is 0 Å². The second kappa shape index (κ2) is 8.99. The van der Waals surface area contributed by atoms with Crippen molar-refractivity contribution in [2.45, 2.75) is 32.1 Å². The number of carbonyl (C=O) groups is 1. The molecule has 0 aliphatic heterocycles. The highest BCUT2D eigenvalue weighted by molar-refractivity contribution is 5.75. The lowest BCUT2D eigenvalue weighted by molar-refractivity contribution is -0.121. The van der Waals surface area contributed by atoms with Crippen LogP contribution in [0.4, 0.5) is 0 Å². The van der Waals surface area contributed by atoms with Gasteiger partial charge in [-0.2, -0.15) is 0 Å². The van der Waals surface area contributed by atoms with Gasteiger partial charge >= 0.3 is 0 Å². The fourth-order valence-electron chi connectivity index (χ4n) is 2.82. The van der Waals surface area contributed by atoms with Crippen LogP contribution in [0.3, 0.4) is 0 Å². The second-order valence-electron chi connectivity index (χ2n) is 6.45. The topological polar surface area (TPSA) is 55.1 Å². The van der Waals surface area contributed by atoms with Gasteiger partial charge in [-0.05, 0) is 17.9 Å². The van der Waals surface area contributed by atoms with Gasteiger partial charge in [-0.25, -0.2) is 4.98 Å². The summed E-state index contributed by atoms with van der Waals surface area (Å²) in [5.41, 5.74) is 2.25. The van der Waals surface area contributed by atoms with E-state index in [0.29, 0.717) is 31.2 Å². The largest absolute Gasteiger partial charge is 0.441 e. The number of aromatic nitrogens is 1. The van der Waals surface area contributed by atoms with Crippen molar-refractivity contribution < 1.29 is 9.21 Å². The van der Waals surface area contributed by atoms with Crippen LogP contribution in [0.15, 0.2) is 71.3 Å². The van der Waals surface area contributed by atoms with Gasteiger partial charge in [0, 0.05) is 24.9 Å². The number of nitrogens with one attached hydrogen (secondary N) is 1. The summed E-state index contributed by atoms with van der Waals surface area (Å²) < 4.78 is 5.76. The van der Waals surface area contributed by atoms with Crippen molar-refractivity contribution in [3.63, 3.8) is 0 Å². The van der Waals surface area contributed by atoms with Crippen LogP contribution in [-0.4, -0.2) is 17.4 Å². The highest BCUT2D eigenvalue weighted by Gasteiger charge is 2.09. The van der Waals surface area contributed by atoms with E-state index in [0.717, 1.165) is 17.7 Å². The molecular formula is C22H24N2O2. The van der Waals surface area contributed by atoms with Crippen molar-refractivity contribution in [3.8, 4) is 11.3 Å². The lowest BCUT2D eigenvalue weighted by Gasteiger charge is -2.12. The molecule has 1 amide bonds. The molecule has 1 N–H and O–H groups in total. The predicted octanol–water partition coefficient (Wildman–Crippen LogP) is 4.58. The Morgan fingerprint density at radius 3 is 2.50 bits per heavy atom. The van der Waals surface area contributed by atoms with Gasteiger partial charge in [-0.15, -0.1) is 0 Å². The molecule has 0 bridgehead atoms. The van der Waals surface area contributed by atoms with Crippen molar-refractivity contribution in [3.05, 3.63) is 78.3 Å². The Bertz CT molecular complexity index is 812. The van der Waals surface area contributed by atoms with E-state index in [4.69, 9.17) is 4.42 Å². The van der Waals surface area contributed by atoms with Crippen LogP contribution in [0, 0.1) is 0 Å². The molecule has 0 saturated heterocycles. The molecule has 1 atom stereocenters. The molecule has 3 aromatic rings. The Morgan fingerprint density at radius 2 is 1.77 bits per heavy atom. The first-order valence-corrected chi connectivity index (χ1v) is 9.04. The van der Waals surface area contributed by atoms with E-state index in [2.05, 4.69) is 29.4 Å².